The third-order valence-electron chi connectivity index (χ3n) is 2.25. The molecule has 0 aliphatic carbocycles. The highest BCUT2D eigenvalue weighted by atomic mass is 127. The predicted molar refractivity (Wildman–Crippen MR) is 83.8 cm³/mol. The quantitative estimate of drug-likeness (QED) is 0.628. The smallest absolute Gasteiger partial charge is 0.207 e. The molecule has 0 unspecified atom stereocenters. The monoisotopic (exact) mass is 470 g/mol. The Balaban J connectivity index is 2.58. The second-order valence-electron chi connectivity index (χ2n) is 3.39. The molecule has 2 nitrogen and oxygen atoms in total. The molecule has 0 spiro atoms. The van der Waals surface area contributed by atoms with E-state index >= 15 is 0 Å². The molecule has 0 amide bonds. The van der Waals surface area contributed by atoms with Gasteiger partial charge >= 0.3 is 0 Å². The van der Waals surface area contributed by atoms with Crippen LogP contribution in [0.2, 0.25) is 0 Å². The SMILES string of the molecule is O=S(=O)(c1ccc(I)cc1)c1ccccc1I. The lowest BCUT2D eigenvalue weighted by molar-refractivity contribution is 0.595. The van der Waals surface area contributed by atoms with Crippen molar-refractivity contribution in [1.82, 2.24) is 0 Å². The van der Waals surface area contributed by atoms with Gasteiger partial charge in [-0.2, -0.15) is 0 Å². The zero-order chi connectivity index (χ0) is 12.5. The molecule has 0 fully saturated rings. The third-order valence-corrected chi connectivity index (χ3v) is 6.10. The first-order valence-electron chi connectivity index (χ1n) is 4.77. The van der Waals surface area contributed by atoms with Gasteiger partial charge in [0.05, 0.1) is 9.79 Å². The molecule has 0 N–H and O–H groups in total. The predicted octanol–water partition coefficient (Wildman–Crippen LogP) is 3.73. The first-order valence-corrected chi connectivity index (χ1v) is 8.41. The van der Waals surface area contributed by atoms with Crippen molar-refractivity contribution in [2.24, 2.45) is 0 Å². The van der Waals surface area contributed by atoms with Crippen LogP contribution in [0.5, 0.6) is 0 Å². The van der Waals surface area contributed by atoms with Gasteiger partial charge in [-0.15, -0.1) is 0 Å². The summed E-state index contributed by atoms with van der Waals surface area (Å²) in [4.78, 5) is 0.698. The van der Waals surface area contributed by atoms with Crippen LogP contribution in [0.25, 0.3) is 0 Å². The van der Waals surface area contributed by atoms with Crippen molar-refractivity contribution in [3.8, 4) is 0 Å². The average molecular weight is 470 g/mol. The minimum atomic E-state index is -3.40. The van der Waals surface area contributed by atoms with E-state index in [1.54, 1.807) is 42.5 Å². The molecule has 0 aromatic heterocycles. The van der Waals surface area contributed by atoms with Crippen molar-refractivity contribution in [2.45, 2.75) is 9.79 Å². The van der Waals surface area contributed by atoms with Gasteiger partial charge in [0, 0.05) is 7.14 Å². The topological polar surface area (TPSA) is 34.1 Å². The summed E-state index contributed by atoms with van der Waals surface area (Å²) in [7, 11) is -3.40. The van der Waals surface area contributed by atoms with Gasteiger partial charge in [-0.25, -0.2) is 8.42 Å². The number of hydrogen-bond acceptors (Lipinski definition) is 2. The largest absolute Gasteiger partial charge is 0.218 e. The zero-order valence-electron chi connectivity index (χ0n) is 8.60. The van der Waals surface area contributed by atoms with Crippen molar-refractivity contribution in [3.05, 3.63) is 55.7 Å². The van der Waals surface area contributed by atoms with E-state index in [1.165, 1.54) is 0 Å². The Morgan fingerprint density at radius 3 is 2.00 bits per heavy atom. The van der Waals surface area contributed by atoms with Gasteiger partial charge in [0.2, 0.25) is 9.84 Å². The fourth-order valence-corrected chi connectivity index (χ4v) is 4.35. The van der Waals surface area contributed by atoms with E-state index in [2.05, 4.69) is 22.6 Å². The lowest BCUT2D eigenvalue weighted by Gasteiger charge is -2.06. The molecule has 17 heavy (non-hydrogen) atoms. The molecule has 88 valence electrons. The van der Waals surface area contributed by atoms with Crippen LogP contribution in [0.15, 0.2) is 58.3 Å². The van der Waals surface area contributed by atoms with E-state index in [0.717, 1.165) is 7.14 Å². The number of hydrogen-bond donors (Lipinski definition) is 0. The Bertz CT molecular complexity index is 634. The Kier molecular flexibility index (Phi) is 4.09. The molecule has 0 radical (unpaired) electrons. The number of halogens is 2. The molecule has 0 saturated heterocycles. The molecule has 0 heterocycles. The van der Waals surface area contributed by atoms with E-state index in [0.29, 0.717) is 9.79 Å². The first kappa shape index (κ1) is 13.3. The molecular weight excluding hydrogens is 462 g/mol. The fraction of sp³-hybridized carbons (Fsp3) is 0. The molecule has 5 heteroatoms. The summed E-state index contributed by atoms with van der Waals surface area (Å²) in [5.74, 6) is 0. The van der Waals surface area contributed by atoms with Gasteiger partial charge in [-0.1, -0.05) is 12.1 Å². The number of rotatable bonds is 2. The summed E-state index contributed by atoms with van der Waals surface area (Å²) >= 11 is 4.19. The highest BCUT2D eigenvalue weighted by molar-refractivity contribution is 14.1. The molecule has 0 saturated carbocycles. The molecule has 2 aromatic rings. The van der Waals surface area contributed by atoms with Gasteiger partial charge in [-0.3, -0.25) is 0 Å². The molecule has 2 aromatic carbocycles. The van der Waals surface area contributed by atoms with Crippen LogP contribution in [0.1, 0.15) is 0 Å². The van der Waals surface area contributed by atoms with Crippen LogP contribution in [0.4, 0.5) is 0 Å². The zero-order valence-corrected chi connectivity index (χ0v) is 13.7. The van der Waals surface area contributed by atoms with Crippen LogP contribution in [-0.4, -0.2) is 8.42 Å². The molecule has 2 rings (SSSR count). The van der Waals surface area contributed by atoms with Crippen LogP contribution in [-0.2, 0) is 9.84 Å². The van der Waals surface area contributed by atoms with E-state index in [4.69, 9.17) is 0 Å². The second kappa shape index (κ2) is 5.23. The fourth-order valence-electron chi connectivity index (χ4n) is 1.40. The van der Waals surface area contributed by atoms with Gasteiger partial charge in [0.1, 0.15) is 0 Å². The molecule has 0 atom stereocenters. The highest BCUT2D eigenvalue weighted by Gasteiger charge is 2.19. The Morgan fingerprint density at radius 2 is 1.41 bits per heavy atom. The first-order chi connectivity index (χ1) is 8.01. The summed E-state index contributed by atoms with van der Waals surface area (Å²) in [5.41, 5.74) is 0. The van der Waals surface area contributed by atoms with Crippen LogP contribution in [0.3, 0.4) is 0 Å². The lowest BCUT2D eigenvalue weighted by atomic mass is 10.4. The Hall–Kier alpha value is -0.150. The summed E-state index contributed by atoms with van der Waals surface area (Å²) in [6.07, 6.45) is 0. The maximum Gasteiger partial charge on any atom is 0.207 e. The molecule has 0 aliphatic heterocycles. The Labute approximate surface area is 128 Å². The Morgan fingerprint density at radius 1 is 0.824 bits per heavy atom. The van der Waals surface area contributed by atoms with Crippen LogP contribution >= 0.6 is 45.2 Å². The van der Waals surface area contributed by atoms with E-state index < -0.39 is 9.84 Å². The van der Waals surface area contributed by atoms with E-state index in [-0.39, 0.29) is 0 Å². The highest BCUT2D eigenvalue weighted by Crippen LogP contribution is 2.25. The minimum absolute atomic E-state index is 0.335. The standard InChI is InChI=1S/C12H8I2O2S/c13-9-5-7-10(8-6-9)17(15,16)12-4-2-1-3-11(12)14/h1-8H. The maximum absolute atomic E-state index is 12.4. The minimum Gasteiger partial charge on any atom is -0.218 e. The summed E-state index contributed by atoms with van der Waals surface area (Å²) in [5, 5.41) is 0. The number of benzene rings is 2. The molecule has 0 bridgehead atoms. The van der Waals surface area contributed by atoms with Gasteiger partial charge in [-0.05, 0) is 81.6 Å². The van der Waals surface area contributed by atoms with Crippen molar-refractivity contribution < 1.29 is 8.42 Å². The molecular formula is C12H8I2O2S. The maximum atomic E-state index is 12.4. The van der Waals surface area contributed by atoms with E-state index in [1.807, 2.05) is 28.7 Å². The lowest BCUT2D eigenvalue weighted by Crippen LogP contribution is -2.03. The normalized spacial score (nSPS) is 11.4. The summed E-state index contributed by atoms with van der Waals surface area (Å²) in [6.45, 7) is 0. The number of sulfone groups is 1. The summed E-state index contributed by atoms with van der Waals surface area (Å²) in [6, 6.07) is 13.9. The van der Waals surface area contributed by atoms with Gasteiger partial charge in [0.15, 0.2) is 0 Å². The van der Waals surface area contributed by atoms with Crippen LogP contribution in [0, 0.1) is 7.14 Å². The van der Waals surface area contributed by atoms with Crippen molar-refractivity contribution in [2.75, 3.05) is 0 Å². The van der Waals surface area contributed by atoms with Gasteiger partial charge < -0.3 is 0 Å². The third kappa shape index (κ3) is 2.82. The van der Waals surface area contributed by atoms with Crippen LogP contribution < -0.4 is 0 Å². The van der Waals surface area contributed by atoms with Crippen molar-refractivity contribution in [3.63, 3.8) is 0 Å². The summed E-state index contributed by atoms with van der Waals surface area (Å²) < 4.78 is 26.5. The average Bonchev–Trinajstić information content (AvgIpc) is 2.30. The van der Waals surface area contributed by atoms with E-state index in [9.17, 15) is 8.42 Å². The molecule has 0 aliphatic rings. The second-order valence-corrected chi connectivity index (χ2v) is 7.71. The van der Waals surface area contributed by atoms with Crippen molar-refractivity contribution >= 4 is 55.0 Å². The van der Waals surface area contributed by atoms with Crippen molar-refractivity contribution in [1.29, 1.82) is 0 Å². The van der Waals surface area contributed by atoms with Gasteiger partial charge in [0.25, 0.3) is 0 Å².